The average molecular weight is 402 g/mol. The van der Waals surface area contributed by atoms with Crippen LogP contribution in [0.15, 0.2) is 48.9 Å². The zero-order valence-corrected chi connectivity index (χ0v) is 17.1. The maximum absolute atomic E-state index is 12.3. The fraction of sp³-hybridized carbons (Fsp3) is 0.227. The molecule has 4 aromatic heterocycles. The van der Waals surface area contributed by atoms with Gasteiger partial charge in [0, 0.05) is 18.4 Å². The molecule has 0 bridgehead atoms. The summed E-state index contributed by atoms with van der Waals surface area (Å²) in [6.45, 7) is 2.92. The Bertz CT molecular complexity index is 1200. The van der Waals surface area contributed by atoms with Gasteiger partial charge in [-0.1, -0.05) is 6.07 Å². The molecule has 0 aliphatic rings. The largest absolute Gasteiger partial charge is 0.461 e. The SMILES string of the molecule is Cc1cccc(-c2[nH]cnc2-c2ccc3ncc(C(=O)OCCN(C)C)cc3n2)n1. The number of pyridine rings is 3. The normalized spacial score (nSPS) is 11.2. The second-order valence-corrected chi connectivity index (χ2v) is 7.19. The van der Waals surface area contributed by atoms with Crippen LogP contribution in [-0.2, 0) is 4.74 Å². The summed E-state index contributed by atoms with van der Waals surface area (Å²) in [6, 6.07) is 11.2. The molecule has 0 amide bonds. The number of aromatic amines is 1. The van der Waals surface area contributed by atoms with Gasteiger partial charge in [0.15, 0.2) is 0 Å². The zero-order valence-electron chi connectivity index (χ0n) is 17.1. The summed E-state index contributed by atoms with van der Waals surface area (Å²) in [5.74, 6) is -0.414. The fourth-order valence-electron chi connectivity index (χ4n) is 3.02. The van der Waals surface area contributed by atoms with E-state index in [-0.39, 0.29) is 0 Å². The van der Waals surface area contributed by atoms with E-state index in [1.54, 1.807) is 12.4 Å². The number of hydrogen-bond acceptors (Lipinski definition) is 7. The van der Waals surface area contributed by atoms with Gasteiger partial charge in [0.1, 0.15) is 12.3 Å². The van der Waals surface area contributed by atoms with Crippen molar-refractivity contribution < 1.29 is 9.53 Å². The maximum atomic E-state index is 12.3. The zero-order chi connectivity index (χ0) is 21.1. The van der Waals surface area contributed by atoms with E-state index in [1.807, 2.05) is 56.3 Å². The molecule has 0 unspecified atom stereocenters. The molecule has 0 aliphatic carbocycles. The van der Waals surface area contributed by atoms with E-state index in [0.29, 0.717) is 41.1 Å². The van der Waals surface area contributed by atoms with E-state index >= 15 is 0 Å². The first-order valence-corrected chi connectivity index (χ1v) is 9.58. The molecule has 30 heavy (non-hydrogen) atoms. The van der Waals surface area contributed by atoms with Crippen molar-refractivity contribution in [2.75, 3.05) is 27.2 Å². The lowest BCUT2D eigenvalue weighted by Crippen LogP contribution is -2.20. The monoisotopic (exact) mass is 402 g/mol. The van der Waals surface area contributed by atoms with Crippen molar-refractivity contribution in [2.24, 2.45) is 0 Å². The first-order chi connectivity index (χ1) is 14.5. The van der Waals surface area contributed by atoms with Crippen LogP contribution in [0.1, 0.15) is 16.1 Å². The molecule has 0 aliphatic heterocycles. The standard InChI is InChI=1S/C22H22N6O2/c1-14-5-4-6-17(26-14)20-21(25-13-24-20)18-8-7-16-19(27-18)11-15(12-23-16)22(29)30-10-9-28(2)3/h4-8,11-13H,9-10H2,1-3H3,(H,24,25). The van der Waals surface area contributed by atoms with Crippen LogP contribution in [0, 0.1) is 6.92 Å². The molecule has 0 fully saturated rings. The number of carbonyl (C=O) groups is 1. The molecular formula is C22H22N6O2. The summed E-state index contributed by atoms with van der Waals surface area (Å²) in [5.41, 5.74) is 5.51. The summed E-state index contributed by atoms with van der Waals surface area (Å²) in [7, 11) is 3.85. The van der Waals surface area contributed by atoms with Gasteiger partial charge in [0.05, 0.1) is 40.0 Å². The summed E-state index contributed by atoms with van der Waals surface area (Å²) in [5, 5.41) is 0. The molecule has 4 rings (SSSR count). The Morgan fingerprint density at radius 2 is 1.93 bits per heavy atom. The lowest BCUT2D eigenvalue weighted by atomic mass is 10.1. The van der Waals surface area contributed by atoms with Crippen molar-refractivity contribution in [3.8, 4) is 22.8 Å². The summed E-state index contributed by atoms with van der Waals surface area (Å²) in [6.07, 6.45) is 3.13. The molecule has 1 N–H and O–H groups in total. The van der Waals surface area contributed by atoms with Crippen LogP contribution in [-0.4, -0.2) is 63.0 Å². The van der Waals surface area contributed by atoms with Crippen LogP contribution in [0.3, 0.4) is 0 Å². The molecule has 0 aromatic carbocycles. The van der Waals surface area contributed by atoms with Gasteiger partial charge in [-0.2, -0.15) is 0 Å². The molecular weight excluding hydrogens is 380 g/mol. The minimum absolute atomic E-state index is 0.317. The van der Waals surface area contributed by atoms with E-state index in [4.69, 9.17) is 4.74 Å². The van der Waals surface area contributed by atoms with Gasteiger partial charge < -0.3 is 14.6 Å². The summed E-state index contributed by atoms with van der Waals surface area (Å²) >= 11 is 0. The van der Waals surface area contributed by atoms with Crippen molar-refractivity contribution in [3.63, 3.8) is 0 Å². The number of H-pyrrole nitrogens is 1. The van der Waals surface area contributed by atoms with Crippen molar-refractivity contribution in [1.82, 2.24) is 29.8 Å². The van der Waals surface area contributed by atoms with Crippen molar-refractivity contribution in [1.29, 1.82) is 0 Å². The van der Waals surface area contributed by atoms with Crippen molar-refractivity contribution in [2.45, 2.75) is 6.92 Å². The lowest BCUT2D eigenvalue weighted by Gasteiger charge is -2.10. The molecule has 0 radical (unpaired) electrons. The van der Waals surface area contributed by atoms with Gasteiger partial charge >= 0.3 is 5.97 Å². The van der Waals surface area contributed by atoms with E-state index in [1.165, 1.54) is 6.20 Å². The van der Waals surface area contributed by atoms with E-state index in [9.17, 15) is 4.79 Å². The number of carbonyl (C=O) groups excluding carboxylic acids is 1. The minimum Gasteiger partial charge on any atom is -0.461 e. The number of ether oxygens (including phenoxy) is 1. The predicted molar refractivity (Wildman–Crippen MR) is 114 cm³/mol. The fourth-order valence-corrected chi connectivity index (χ4v) is 3.02. The number of nitrogens with one attached hydrogen (secondary N) is 1. The van der Waals surface area contributed by atoms with Gasteiger partial charge in [0.25, 0.3) is 0 Å². The molecule has 0 saturated carbocycles. The Hall–Kier alpha value is -3.65. The molecule has 4 heterocycles. The summed E-state index contributed by atoms with van der Waals surface area (Å²) in [4.78, 5) is 35.5. The Morgan fingerprint density at radius 1 is 1.07 bits per heavy atom. The van der Waals surface area contributed by atoms with Gasteiger partial charge in [-0.15, -0.1) is 0 Å². The van der Waals surface area contributed by atoms with Crippen LogP contribution in [0.5, 0.6) is 0 Å². The van der Waals surface area contributed by atoms with E-state index in [0.717, 1.165) is 17.1 Å². The highest BCUT2D eigenvalue weighted by Gasteiger charge is 2.15. The highest BCUT2D eigenvalue weighted by Crippen LogP contribution is 2.28. The highest BCUT2D eigenvalue weighted by molar-refractivity contribution is 5.93. The number of aromatic nitrogens is 5. The second kappa shape index (κ2) is 8.38. The molecule has 8 heteroatoms. The Balaban J connectivity index is 1.66. The average Bonchev–Trinajstić information content (AvgIpc) is 3.22. The summed E-state index contributed by atoms with van der Waals surface area (Å²) < 4.78 is 5.30. The number of nitrogens with zero attached hydrogens (tertiary/aromatic N) is 5. The number of rotatable bonds is 6. The maximum Gasteiger partial charge on any atom is 0.339 e. The number of hydrogen-bond donors (Lipinski definition) is 1. The number of likely N-dealkylation sites (N-methyl/N-ethyl adjacent to an activating group) is 1. The van der Waals surface area contributed by atoms with Gasteiger partial charge in [-0.3, -0.25) is 9.97 Å². The second-order valence-electron chi connectivity index (χ2n) is 7.19. The number of esters is 1. The topological polar surface area (TPSA) is 96.9 Å². The number of aryl methyl sites for hydroxylation is 1. The van der Waals surface area contributed by atoms with E-state index in [2.05, 4.69) is 24.9 Å². The molecule has 152 valence electrons. The number of fused-ring (bicyclic) bond motifs is 1. The van der Waals surface area contributed by atoms with Crippen molar-refractivity contribution >= 4 is 17.0 Å². The first kappa shape index (κ1) is 19.7. The molecule has 4 aromatic rings. The highest BCUT2D eigenvalue weighted by atomic mass is 16.5. The third kappa shape index (κ3) is 4.18. The van der Waals surface area contributed by atoms with Crippen molar-refractivity contribution in [3.05, 3.63) is 60.2 Å². The Morgan fingerprint density at radius 3 is 2.73 bits per heavy atom. The molecule has 0 atom stereocenters. The van der Waals surface area contributed by atoms with E-state index < -0.39 is 5.97 Å². The minimum atomic E-state index is -0.414. The lowest BCUT2D eigenvalue weighted by molar-refractivity contribution is 0.0481. The van der Waals surface area contributed by atoms with Crippen LogP contribution >= 0.6 is 0 Å². The van der Waals surface area contributed by atoms with Gasteiger partial charge in [-0.25, -0.2) is 14.8 Å². The number of imidazole rings is 1. The third-order valence-electron chi connectivity index (χ3n) is 4.57. The third-order valence-corrected chi connectivity index (χ3v) is 4.57. The van der Waals surface area contributed by atoms with Crippen LogP contribution in [0.25, 0.3) is 33.8 Å². The Labute approximate surface area is 174 Å². The Kier molecular flexibility index (Phi) is 5.49. The smallest absolute Gasteiger partial charge is 0.339 e. The predicted octanol–water partition coefficient (Wildman–Crippen LogP) is 3.11. The van der Waals surface area contributed by atoms with Crippen LogP contribution in [0.4, 0.5) is 0 Å². The first-order valence-electron chi connectivity index (χ1n) is 9.58. The van der Waals surface area contributed by atoms with Gasteiger partial charge in [0.2, 0.25) is 0 Å². The molecule has 8 nitrogen and oxygen atoms in total. The molecule has 0 spiro atoms. The molecule has 0 saturated heterocycles. The van der Waals surface area contributed by atoms with Crippen LogP contribution < -0.4 is 0 Å². The van der Waals surface area contributed by atoms with Gasteiger partial charge in [-0.05, 0) is 51.4 Å². The quantitative estimate of drug-likeness (QED) is 0.495. The van der Waals surface area contributed by atoms with Crippen LogP contribution in [0.2, 0.25) is 0 Å².